The molecular weight excluding hydrogens is 448 g/mol. The molecule has 1 N–H and O–H groups in total. The van der Waals surface area contributed by atoms with E-state index in [9.17, 15) is 4.79 Å². The quantitative estimate of drug-likeness (QED) is 0.305. The van der Waals surface area contributed by atoms with E-state index in [2.05, 4.69) is 61.9 Å². The van der Waals surface area contributed by atoms with Crippen molar-refractivity contribution in [3.63, 3.8) is 0 Å². The Labute approximate surface area is 203 Å². The number of nitrogens with zero attached hydrogens (tertiary/aromatic N) is 3. The van der Waals surface area contributed by atoms with Gasteiger partial charge in [-0.1, -0.05) is 60.3 Å². The van der Waals surface area contributed by atoms with Crippen LogP contribution in [0.1, 0.15) is 34.3 Å². The van der Waals surface area contributed by atoms with E-state index >= 15 is 0 Å². The number of amides is 1. The zero-order valence-electron chi connectivity index (χ0n) is 19.1. The van der Waals surface area contributed by atoms with Gasteiger partial charge in [0.25, 0.3) is 0 Å². The minimum Gasteiger partial charge on any atom is -0.325 e. The second kappa shape index (κ2) is 10.8. The predicted octanol–water partition coefficient (Wildman–Crippen LogP) is 5.91. The number of rotatable bonds is 9. The molecule has 5 nitrogen and oxygen atoms in total. The number of carbonyl (C=O) groups excluding carboxylic acids is 1. The van der Waals surface area contributed by atoms with Crippen LogP contribution in [0.5, 0.6) is 0 Å². The van der Waals surface area contributed by atoms with Crippen molar-refractivity contribution in [2.45, 2.75) is 50.6 Å². The molecule has 2 aromatic heterocycles. The summed E-state index contributed by atoms with van der Waals surface area (Å²) in [6.07, 6.45) is 1.62. The number of nitrogens with one attached hydrogen (secondary N) is 1. The third-order valence-electron chi connectivity index (χ3n) is 5.48. The monoisotopic (exact) mass is 476 g/mol. The standard InChI is InChI=1S/C26H28N4OS2/c1-18-11-12-19(2)23(16-18)27-25(31)20(3)33-26-29-28-24(17-22-10-7-15-32-22)30(26)14-13-21-8-5-4-6-9-21/h4-12,15-16,20H,13-14,17H2,1-3H3,(H,27,31). The number of aromatic nitrogens is 3. The number of thioether (sulfide) groups is 1. The lowest BCUT2D eigenvalue weighted by atomic mass is 10.1. The number of hydrogen-bond donors (Lipinski definition) is 1. The number of thiophene rings is 1. The van der Waals surface area contributed by atoms with Crippen molar-refractivity contribution in [3.8, 4) is 0 Å². The molecule has 1 atom stereocenters. The lowest BCUT2D eigenvalue weighted by molar-refractivity contribution is -0.115. The maximum Gasteiger partial charge on any atom is 0.237 e. The SMILES string of the molecule is Cc1ccc(C)c(NC(=O)C(C)Sc2nnc(Cc3cccs3)n2CCc2ccccc2)c1. The summed E-state index contributed by atoms with van der Waals surface area (Å²) in [5.41, 5.74) is 4.30. The first kappa shape index (κ1) is 23.3. The predicted molar refractivity (Wildman–Crippen MR) is 137 cm³/mol. The van der Waals surface area contributed by atoms with Crippen molar-refractivity contribution >= 4 is 34.7 Å². The van der Waals surface area contributed by atoms with Gasteiger partial charge in [-0.05, 0) is 61.4 Å². The van der Waals surface area contributed by atoms with Crippen molar-refractivity contribution in [1.82, 2.24) is 14.8 Å². The highest BCUT2D eigenvalue weighted by molar-refractivity contribution is 8.00. The summed E-state index contributed by atoms with van der Waals surface area (Å²) >= 11 is 3.18. The molecule has 1 amide bonds. The zero-order valence-corrected chi connectivity index (χ0v) is 20.7. The van der Waals surface area contributed by atoms with Crippen LogP contribution in [0.3, 0.4) is 0 Å². The van der Waals surface area contributed by atoms with Crippen molar-refractivity contribution in [2.75, 3.05) is 5.32 Å². The van der Waals surface area contributed by atoms with Crippen LogP contribution < -0.4 is 5.32 Å². The Kier molecular flexibility index (Phi) is 7.62. The molecule has 0 aliphatic carbocycles. The minimum atomic E-state index is -0.306. The first-order chi connectivity index (χ1) is 16.0. The molecule has 0 saturated heterocycles. The van der Waals surface area contributed by atoms with Gasteiger partial charge in [-0.2, -0.15) is 0 Å². The summed E-state index contributed by atoms with van der Waals surface area (Å²) in [5, 5.41) is 14.6. The van der Waals surface area contributed by atoms with Gasteiger partial charge in [-0.3, -0.25) is 4.79 Å². The highest BCUT2D eigenvalue weighted by atomic mass is 32.2. The van der Waals surface area contributed by atoms with Gasteiger partial charge in [-0.25, -0.2) is 0 Å². The number of aryl methyl sites for hydroxylation is 3. The normalized spacial score (nSPS) is 12.0. The van der Waals surface area contributed by atoms with Gasteiger partial charge < -0.3 is 9.88 Å². The van der Waals surface area contributed by atoms with Crippen LogP contribution in [0.15, 0.2) is 71.2 Å². The number of benzene rings is 2. The molecule has 0 aliphatic heterocycles. The zero-order chi connectivity index (χ0) is 23.2. The summed E-state index contributed by atoms with van der Waals surface area (Å²) in [4.78, 5) is 14.2. The first-order valence-corrected chi connectivity index (χ1v) is 12.8. The average Bonchev–Trinajstić information content (AvgIpc) is 3.46. The lowest BCUT2D eigenvalue weighted by Gasteiger charge is -2.15. The second-order valence-corrected chi connectivity index (χ2v) is 10.5. The Morgan fingerprint density at radius 1 is 1.09 bits per heavy atom. The summed E-state index contributed by atoms with van der Waals surface area (Å²) in [7, 11) is 0. The molecule has 0 saturated carbocycles. The van der Waals surface area contributed by atoms with Crippen molar-refractivity contribution < 1.29 is 4.79 Å². The minimum absolute atomic E-state index is 0.0360. The maximum atomic E-state index is 12.9. The smallest absolute Gasteiger partial charge is 0.237 e. The van der Waals surface area contributed by atoms with E-state index in [0.717, 1.165) is 47.2 Å². The molecule has 33 heavy (non-hydrogen) atoms. The van der Waals surface area contributed by atoms with E-state index in [1.807, 2.05) is 45.0 Å². The maximum absolute atomic E-state index is 12.9. The van der Waals surface area contributed by atoms with Crippen molar-refractivity contribution in [2.24, 2.45) is 0 Å². The molecule has 0 bridgehead atoms. The van der Waals surface area contributed by atoms with Crippen LogP contribution >= 0.6 is 23.1 Å². The highest BCUT2D eigenvalue weighted by Crippen LogP contribution is 2.26. The fourth-order valence-corrected chi connectivity index (χ4v) is 5.13. The van der Waals surface area contributed by atoms with Gasteiger partial charge in [0.2, 0.25) is 5.91 Å². The molecule has 2 aromatic carbocycles. The Hall–Kier alpha value is -2.90. The number of anilines is 1. The molecular formula is C26H28N4OS2. The van der Waals surface area contributed by atoms with E-state index < -0.39 is 0 Å². The molecule has 0 aliphatic rings. The molecule has 0 radical (unpaired) electrons. The van der Waals surface area contributed by atoms with E-state index in [0.29, 0.717) is 0 Å². The first-order valence-electron chi connectivity index (χ1n) is 11.0. The molecule has 1 unspecified atom stereocenters. The molecule has 7 heteroatoms. The molecule has 4 aromatic rings. The van der Waals surface area contributed by atoms with Gasteiger partial charge in [0, 0.05) is 23.5 Å². The Morgan fingerprint density at radius 3 is 2.67 bits per heavy atom. The molecule has 0 spiro atoms. The molecule has 2 heterocycles. The third-order valence-corrected chi connectivity index (χ3v) is 7.43. The molecule has 4 rings (SSSR count). The summed E-state index contributed by atoms with van der Waals surface area (Å²) in [6.45, 7) is 6.72. The van der Waals surface area contributed by atoms with Crippen molar-refractivity contribution in [3.05, 3.63) is 93.4 Å². The molecule has 0 fully saturated rings. The van der Waals surface area contributed by atoms with Crippen LogP contribution in [0.25, 0.3) is 0 Å². The largest absolute Gasteiger partial charge is 0.325 e. The van der Waals surface area contributed by atoms with Crippen LogP contribution in [0.4, 0.5) is 5.69 Å². The van der Waals surface area contributed by atoms with Gasteiger partial charge in [0.1, 0.15) is 5.82 Å². The van der Waals surface area contributed by atoms with Crippen LogP contribution in [0.2, 0.25) is 0 Å². The van der Waals surface area contributed by atoms with Crippen LogP contribution in [0, 0.1) is 13.8 Å². The lowest BCUT2D eigenvalue weighted by Crippen LogP contribution is -2.23. The second-order valence-electron chi connectivity index (χ2n) is 8.11. The van der Waals surface area contributed by atoms with E-state index in [-0.39, 0.29) is 11.2 Å². The number of hydrogen-bond acceptors (Lipinski definition) is 5. The topological polar surface area (TPSA) is 59.8 Å². The summed E-state index contributed by atoms with van der Waals surface area (Å²) in [5.74, 6) is 0.893. The Balaban J connectivity index is 1.51. The van der Waals surface area contributed by atoms with Gasteiger partial charge in [0.05, 0.1) is 5.25 Å². The van der Waals surface area contributed by atoms with Gasteiger partial charge >= 0.3 is 0 Å². The van der Waals surface area contributed by atoms with Crippen molar-refractivity contribution in [1.29, 1.82) is 0 Å². The van der Waals surface area contributed by atoms with Crippen LogP contribution in [-0.2, 0) is 24.2 Å². The third kappa shape index (κ3) is 6.12. The van der Waals surface area contributed by atoms with Crippen LogP contribution in [-0.4, -0.2) is 25.9 Å². The van der Waals surface area contributed by atoms with Gasteiger partial charge in [0.15, 0.2) is 5.16 Å². The molecule has 170 valence electrons. The highest BCUT2D eigenvalue weighted by Gasteiger charge is 2.21. The summed E-state index contributed by atoms with van der Waals surface area (Å²) < 4.78 is 2.17. The van der Waals surface area contributed by atoms with E-state index in [4.69, 9.17) is 0 Å². The summed E-state index contributed by atoms with van der Waals surface area (Å²) in [6, 6.07) is 20.7. The van der Waals surface area contributed by atoms with E-state index in [1.165, 1.54) is 22.2 Å². The Bertz CT molecular complexity index is 1200. The fourth-order valence-electron chi connectivity index (χ4n) is 3.53. The van der Waals surface area contributed by atoms with Gasteiger partial charge in [-0.15, -0.1) is 21.5 Å². The van der Waals surface area contributed by atoms with E-state index in [1.54, 1.807) is 11.3 Å². The fraction of sp³-hybridized carbons (Fsp3) is 0.269. The average molecular weight is 477 g/mol. The Morgan fingerprint density at radius 2 is 1.91 bits per heavy atom. The number of carbonyl (C=O) groups is 1.